The van der Waals surface area contributed by atoms with Crippen molar-refractivity contribution in [3.63, 3.8) is 0 Å². The molecule has 1 aliphatic heterocycles. The lowest BCUT2D eigenvalue weighted by Gasteiger charge is -2.21. The number of rotatable bonds is 3. The lowest BCUT2D eigenvalue weighted by atomic mass is 10.1. The molecule has 9 heteroatoms. The Bertz CT molecular complexity index is 1020. The van der Waals surface area contributed by atoms with Crippen molar-refractivity contribution in [3.05, 3.63) is 46.4 Å². The highest BCUT2D eigenvalue weighted by atomic mass is 16.7. The zero-order valence-corrected chi connectivity index (χ0v) is 13.6. The summed E-state index contributed by atoms with van der Waals surface area (Å²) in [6.45, 7) is 0.212. The largest absolute Gasteiger partial charge is 0.507 e. The van der Waals surface area contributed by atoms with E-state index in [0.717, 1.165) is 17.5 Å². The first-order valence-electron chi connectivity index (χ1n) is 8.02. The van der Waals surface area contributed by atoms with Crippen molar-refractivity contribution >= 4 is 17.2 Å². The fourth-order valence-corrected chi connectivity index (χ4v) is 3.29. The minimum atomic E-state index is -1.40. The monoisotopic (exact) mass is 343 g/mol. The second kappa shape index (κ2) is 5.76. The maximum Gasteiger partial charge on any atom is 0.507 e. The van der Waals surface area contributed by atoms with Crippen LogP contribution in [0.25, 0.3) is 11.0 Å². The van der Waals surface area contributed by atoms with Crippen molar-refractivity contribution in [2.75, 3.05) is 0 Å². The van der Waals surface area contributed by atoms with E-state index in [2.05, 4.69) is 10.1 Å². The summed E-state index contributed by atoms with van der Waals surface area (Å²) < 4.78 is 9.41. The Morgan fingerprint density at radius 1 is 1.40 bits per heavy atom. The molecule has 9 nitrogen and oxygen atoms in total. The number of para-hydroxylation sites is 2. The molecule has 4 rings (SSSR count). The summed E-state index contributed by atoms with van der Waals surface area (Å²) in [6.07, 6.45) is -0.405. The molecule has 3 heterocycles. The molecule has 1 aliphatic rings. The molecule has 2 aromatic heterocycles. The van der Waals surface area contributed by atoms with Gasteiger partial charge in [0.15, 0.2) is 6.23 Å². The van der Waals surface area contributed by atoms with Crippen LogP contribution in [-0.2, 0) is 24.8 Å². The van der Waals surface area contributed by atoms with Crippen LogP contribution in [0, 0.1) is 0 Å². The predicted molar refractivity (Wildman–Crippen MR) is 87.4 cm³/mol. The van der Waals surface area contributed by atoms with Crippen LogP contribution in [0.5, 0.6) is 0 Å². The first-order valence-corrected chi connectivity index (χ1v) is 8.02. The van der Waals surface area contributed by atoms with Crippen LogP contribution >= 0.6 is 0 Å². The van der Waals surface area contributed by atoms with E-state index in [9.17, 15) is 9.59 Å². The van der Waals surface area contributed by atoms with Crippen molar-refractivity contribution in [2.24, 2.45) is 7.05 Å². The molecule has 130 valence electrons. The fraction of sp³-hybridized carbons (Fsp3) is 0.375. The Labute approximate surface area is 142 Å². The second-order valence-electron chi connectivity index (χ2n) is 6.03. The number of aromatic nitrogens is 5. The average Bonchev–Trinajstić information content (AvgIpc) is 3.07. The quantitative estimate of drug-likeness (QED) is 0.723. The summed E-state index contributed by atoms with van der Waals surface area (Å²) in [4.78, 5) is 28.1. The van der Waals surface area contributed by atoms with Gasteiger partial charge in [0.1, 0.15) is 18.2 Å². The van der Waals surface area contributed by atoms with Crippen LogP contribution < -0.4 is 5.69 Å². The van der Waals surface area contributed by atoms with Gasteiger partial charge < -0.3 is 14.4 Å². The van der Waals surface area contributed by atoms with Crippen LogP contribution in [0.3, 0.4) is 0 Å². The Hall–Kier alpha value is -3.10. The van der Waals surface area contributed by atoms with E-state index in [1.807, 2.05) is 35.9 Å². The van der Waals surface area contributed by atoms with E-state index in [-0.39, 0.29) is 12.2 Å². The van der Waals surface area contributed by atoms with Gasteiger partial charge in [-0.15, -0.1) is 0 Å². The fourth-order valence-electron chi connectivity index (χ4n) is 3.29. The van der Waals surface area contributed by atoms with E-state index in [4.69, 9.17) is 9.84 Å². The lowest BCUT2D eigenvalue weighted by molar-refractivity contribution is 0.00392. The lowest BCUT2D eigenvalue weighted by Crippen LogP contribution is -2.33. The number of fused-ring (bicyclic) bond motifs is 2. The highest BCUT2D eigenvalue weighted by molar-refractivity contribution is 5.75. The van der Waals surface area contributed by atoms with E-state index in [1.165, 1.54) is 9.25 Å². The predicted octanol–water partition coefficient (Wildman–Crippen LogP) is 1.51. The highest BCUT2D eigenvalue weighted by Crippen LogP contribution is 2.23. The van der Waals surface area contributed by atoms with E-state index < -0.39 is 12.4 Å². The zero-order chi connectivity index (χ0) is 17.6. The van der Waals surface area contributed by atoms with Crippen molar-refractivity contribution < 1.29 is 14.6 Å². The molecular weight excluding hydrogens is 326 g/mol. The Kier molecular flexibility index (Phi) is 3.56. The van der Waals surface area contributed by atoms with Crippen molar-refractivity contribution in [1.82, 2.24) is 23.9 Å². The number of hydrogen-bond donors (Lipinski definition) is 1. The molecule has 25 heavy (non-hydrogen) atoms. The topological polar surface area (TPSA) is 104 Å². The van der Waals surface area contributed by atoms with Crippen molar-refractivity contribution in [1.29, 1.82) is 0 Å². The van der Waals surface area contributed by atoms with Gasteiger partial charge in [0, 0.05) is 19.9 Å². The molecule has 0 amide bonds. The van der Waals surface area contributed by atoms with Crippen LogP contribution in [0.1, 0.15) is 30.7 Å². The molecule has 1 aromatic carbocycles. The molecular formula is C16H17N5O4. The molecule has 0 aliphatic carbocycles. The minimum absolute atomic E-state index is 0.212. The van der Waals surface area contributed by atoms with Gasteiger partial charge in [-0.2, -0.15) is 5.10 Å². The van der Waals surface area contributed by atoms with Gasteiger partial charge in [0.05, 0.1) is 11.0 Å². The van der Waals surface area contributed by atoms with Crippen molar-refractivity contribution in [3.8, 4) is 0 Å². The SMILES string of the molecule is Cn1c(Cn2nc3n(c2=O)C(OC(=O)O)CCC3)nc2ccccc21. The standard InChI is InChI=1S/C16H17N5O4/c1-19-11-6-3-2-5-10(11)17-13(19)9-20-15(22)21-12(18-20)7-4-8-14(21)25-16(23)24/h2-3,5-6,14H,4,7-9H2,1H3,(H,23,24). The number of carbonyl (C=O) groups is 1. The van der Waals surface area contributed by atoms with Gasteiger partial charge >= 0.3 is 11.8 Å². The number of aryl methyl sites for hydroxylation is 2. The van der Waals surface area contributed by atoms with Gasteiger partial charge in [-0.25, -0.2) is 23.8 Å². The molecule has 0 saturated carbocycles. The molecule has 0 fully saturated rings. The zero-order valence-electron chi connectivity index (χ0n) is 13.6. The number of benzene rings is 1. The van der Waals surface area contributed by atoms with E-state index in [0.29, 0.717) is 24.5 Å². The summed E-state index contributed by atoms with van der Waals surface area (Å²) >= 11 is 0. The molecule has 3 aromatic rings. The van der Waals surface area contributed by atoms with Crippen LogP contribution in [-0.4, -0.2) is 35.2 Å². The summed E-state index contributed by atoms with van der Waals surface area (Å²) in [6, 6.07) is 7.72. The summed E-state index contributed by atoms with van der Waals surface area (Å²) in [5.41, 5.74) is 1.44. The molecule has 0 spiro atoms. The number of ether oxygens (including phenoxy) is 1. The molecule has 0 bridgehead atoms. The van der Waals surface area contributed by atoms with Crippen molar-refractivity contribution in [2.45, 2.75) is 32.0 Å². The minimum Gasteiger partial charge on any atom is -0.450 e. The first-order chi connectivity index (χ1) is 12.0. The molecule has 1 atom stereocenters. The van der Waals surface area contributed by atoms with Crippen LogP contribution in [0.15, 0.2) is 29.1 Å². The third-order valence-corrected chi connectivity index (χ3v) is 4.49. The van der Waals surface area contributed by atoms with Gasteiger partial charge in [-0.1, -0.05) is 12.1 Å². The average molecular weight is 343 g/mol. The molecule has 1 unspecified atom stereocenters. The Morgan fingerprint density at radius 3 is 2.96 bits per heavy atom. The Morgan fingerprint density at radius 2 is 2.20 bits per heavy atom. The molecule has 0 radical (unpaired) electrons. The van der Waals surface area contributed by atoms with Crippen LogP contribution in [0.2, 0.25) is 0 Å². The molecule has 0 saturated heterocycles. The third kappa shape index (κ3) is 2.57. The van der Waals surface area contributed by atoms with Gasteiger partial charge in [-0.3, -0.25) is 0 Å². The summed E-state index contributed by atoms with van der Waals surface area (Å²) in [5.74, 6) is 1.25. The maximum absolute atomic E-state index is 12.7. The van der Waals surface area contributed by atoms with Crippen LogP contribution in [0.4, 0.5) is 4.79 Å². The van der Waals surface area contributed by atoms with Gasteiger partial charge in [0.25, 0.3) is 0 Å². The number of carboxylic acid groups (broad SMARTS) is 1. The summed E-state index contributed by atoms with van der Waals surface area (Å²) in [7, 11) is 1.89. The first kappa shape index (κ1) is 15.4. The normalized spacial score (nSPS) is 16.8. The number of nitrogens with zero attached hydrogens (tertiary/aromatic N) is 5. The van der Waals surface area contributed by atoms with E-state index in [1.54, 1.807) is 0 Å². The molecule has 1 N–H and O–H groups in total. The number of hydrogen-bond acceptors (Lipinski definition) is 5. The second-order valence-corrected chi connectivity index (χ2v) is 6.03. The third-order valence-electron chi connectivity index (χ3n) is 4.49. The van der Waals surface area contributed by atoms with Gasteiger partial charge in [-0.05, 0) is 18.6 Å². The maximum atomic E-state index is 12.7. The highest BCUT2D eigenvalue weighted by Gasteiger charge is 2.28. The summed E-state index contributed by atoms with van der Waals surface area (Å²) in [5, 5.41) is 13.2. The van der Waals surface area contributed by atoms with E-state index >= 15 is 0 Å². The smallest absolute Gasteiger partial charge is 0.450 e. The number of imidazole rings is 1. The Balaban J connectivity index is 1.72. The van der Waals surface area contributed by atoms with Gasteiger partial charge in [0.2, 0.25) is 0 Å².